The molecule has 0 unspecified atom stereocenters. The van der Waals surface area contributed by atoms with E-state index < -0.39 is 0 Å². The Morgan fingerprint density at radius 1 is 1.24 bits per heavy atom. The Bertz CT molecular complexity index is 559. The number of halogens is 1. The van der Waals surface area contributed by atoms with Crippen LogP contribution in [0.25, 0.3) is 11.4 Å². The summed E-state index contributed by atoms with van der Waals surface area (Å²) in [7, 11) is 0. The van der Waals surface area contributed by atoms with Crippen molar-refractivity contribution < 1.29 is 0 Å². The minimum absolute atomic E-state index is 0.243. The molecule has 0 aliphatic rings. The zero-order valence-corrected chi connectivity index (χ0v) is 11.8. The van der Waals surface area contributed by atoms with E-state index in [0.29, 0.717) is 11.0 Å². The lowest BCUT2D eigenvalue weighted by Crippen LogP contribution is -2.01. The maximum atomic E-state index is 5.67. The molecule has 2 N–H and O–H groups in total. The first-order valence-electron chi connectivity index (χ1n) is 4.92. The summed E-state index contributed by atoms with van der Waals surface area (Å²) < 4.78 is 0.945. The van der Waals surface area contributed by atoms with Gasteiger partial charge in [0.05, 0.1) is 0 Å². The summed E-state index contributed by atoms with van der Waals surface area (Å²) in [6, 6.07) is 6.01. The largest absolute Gasteiger partial charge is 0.368 e. The number of nitrogens with zero attached hydrogens (tertiary/aromatic N) is 3. The first kappa shape index (κ1) is 12.3. The van der Waals surface area contributed by atoms with Gasteiger partial charge in [-0.2, -0.15) is 9.97 Å². The van der Waals surface area contributed by atoms with Crippen LogP contribution in [0.2, 0.25) is 0 Å². The van der Waals surface area contributed by atoms with Crippen LogP contribution in [-0.4, -0.2) is 21.2 Å². The van der Waals surface area contributed by atoms with E-state index in [1.54, 1.807) is 0 Å². The van der Waals surface area contributed by atoms with Gasteiger partial charge < -0.3 is 5.73 Å². The van der Waals surface area contributed by atoms with E-state index in [1.807, 2.05) is 31.4 Å². The number of aromatic nitrogens is 3. The number of rotatable bonds is 2. The summed E-state index contributed by atoms with van der Waals surface area (Å²) in [6.07, 6.45) is 1.91. The highest BCUT2D eigenvalue weighted by Crippen LogP contribution is 2.27. The number of anilines is 1. The second-order valence-corrected chi connectivity index (χ2v) is 5.11. The maximum absolute atomic E-state index is 5.67. The minimum atomic E-state index is 0.243. The second-order valence-electron chi connectivity index (χ2n) is 3.49. The Morgan fingerprint density at radius 2 is 2.00 bits per heavy atom. The first-order valence-corrected chi connectivity index (χ1v) is 6.94. The topological polar surface area (TPSA) is 64.7 Å². The first-order chi connectivity index (χ1) is 8.10. The Morgan fingerprint density at radius 3 is 2.71 bits per heavy atom. The molecule has 0 radical (unpaired) electrons. The molecule has 0 saturated heterocycles. The minimum Gasteiger partial charge on any atom is -0.368 e. The molecular weight excluding hydrogens is 300 g/mol. The lowest BCUT2D eigenvalue weighted by Gasteiger charge is -2.06. The summed E-state index contributed by atoms with van der Waals surface area (Å²) >= 11 is 4.93. The van der Waals surface area contributed by atoms with Crippen molar-refractivity contribution >= 4 is 33.6 Å². The number of hydrogen-bond acceptors (Lipinski definition) is 5. The number of nitrogens with two attached hydrogens (primary N) is 1. The van der Waals surface area contributed by atoms with Crippen molar-refractivity contribution in [3.05, 3.63) is 28.2 Å². The molecule has 0 aliphatic heterocycles. The molecule has 4 nitrogen and oxygen atoms in total. The molecule has 88 valence electrons. The van der Waals surface area contributed by atoms with Gasteiger partial charge in [0, 0.05) is 10.0 Å². The van der Waals surface area contributed by atoms with Crippen molar-refractivity contribution in [3.8, 4) is 11.4 Å². The van der Waals surface area contributed by atoms with Gasteiger partial charge in [-0.1, -0.05) is 39.3 Å². The molecule has 0 spiro atoms. The molecule has 1 heterocycles. The maximum Gasteiger partial charge on any atom is 0.224 e. The smallest absolute Gasteiger partial charge is 0.224 e. The van der Waals surface area contributed by atoms with Gasteiger partial charge in [-0.05, 0) is 25.3 Å². The zero-order chi connectivity index (χ0) is 12.4. The van der Waals surface area contributed by atoms with E-state index in [2.05, 4.69) is 30.9 Å². The highest BCUT2D eigenvalue weighted by atomic mass is 79.9. The van der Waals surface area contributed by atoms with Gasteiger partial charge in [-0.3, -0.25) is 0 Å². The molecule has 0 saturated carbocycles. The fourth-order valence-electron chi connectivity index (χ4n) is 1.39. The lowest BCUT2D eigenvalue weighted by atomic mass is 10.1. The fourth-order valence-corrected chi connectivity index (χ4v) is 2.18. The molecule has 0 bridgehead atoms. The average molecular weight is 311 g/mol. The molecule has 2 aromatic rings. The van der Waals surface area contributed by atoms with Gasteiger partial charge in [0.2, 0.25) is 5.95 Å². The standard InChI is InChI=1S/C11H11BrN4S/c1-6-3-4-8(12)7(5-6)9-14-10(13)16-11(15-9)17-2/h3-5H,1-2H3,(H2,13,14,15,16). The van der Waals surface area contributed by atoms with E-state index in [-0.39, 0.29) is 5.95 Å². The normalized spacial score (nSPS) is 10.5. The number of hydrogen-bond donors (Lipinski definition) is 1. The third-order valence-electron chi connectivity index (χ3n) is 2.18. The Labute approximate surface area is 112 Å². The number of aryl methyl sites for hydroxylation is 1. The van der Waals surface area contributed by atoms with Gasteiger partial charge in [0.1, 0.15) is 0 Å². The average Bonchev–Trinajstić information content (AvgIpc) is 2.31. The fraction of sp³-hybridized carbons (Fsp3) is 0.182. The van der Waals surface area contributed by atoms with E-state index in [1.165, 1.54) is 11.8 Å². The second kappa shape index (κ2) is 5.01. The predicted octanol–water partition coefficient (Wildman–Crippen LogP) is 2.91. The van der Waals surface area contributed by atoms with Gasteiger partial charge >= 0.3 is 0 Å². The van der Waals surface area contributed by atoms with E-state index in [4.69, 9.17) is 5.73 Å². The molecule has 17 heavy (non-hydrogen) atoms. The number of nitrogen functional groups attached to an aromatic ring is 1. The summed E-state index contributed by atoms with van der Waals surface area (Å²) in [5.74, 6) is 0.838. The van der Waals surface area contributed by atoms with Crippen LogP contribution < -0.4 is 5.73 Å². The summed E-state index contributed by atoms with van der Waals surface area (Å²) in [4.78, 5) is 12.6. The molecular formula is C11H11BrN4S. The van der Waals surface area contributed by atoms with Crippen LogP contribution in [-0.2, 0) is 0 Å². The van der Waals surface area contributed by atoms with Gasteiger partial charge in [-0.25, -0.2) is 4.98 Å². The van der Waals surface area contributed by atoms with Crippen molar-refractivity contribution in [1.82, 2.24) is 15.0 Å². The Hall–Kier alpha value is -1.14. The molecule has 6 heteroatoms. The van der Waals surface area contributed by atoms with Crippen LogP contribution in [0.15, 0.2) is 27.8 Å². The third-order valence-corrected chi connectivity index (χ3v) is 3.42. The van der Waals surface area contributed by atoms with Crippen LogP contribution >= 0.6 is 27.7 Å². The zero-order valence-electron chi connectivity index (χ0n) is 9.44. The van der Waals surface area contributed by atoms with Gasteiger partial charge in [0.15, 0.2) is 11.0 Å². The quantitative estimate of drug-likeness (QED) is 0.864. The monoisotopic (exact) mass is 310 g/mol. The van der Waals surface area contributed by atoms with Crippen molar-refractivity contribution in [1.29, 1.82) is 0 Å². The van der Waals surface area contributed by atoms with Crippen LogP contribution in [0, 0.1) is 6.92 Å². The molecule has 0 amide bonds. The Kier molecular flexibility index (Phi) is 3.63. The third kappa shape index (κ3) is 2.76. The van der Waals surface area contributed by atoms with E-state index >= 15 is 0 Å². The molecule has 0 aliphatic carbocycles. The molecule has 0 fully saturated rings. The lowest BCUT2D eigenvalue weighted by molar-refractivity contribution is 0.926. The van der Waals surface area contributed by atoms with Crippen molar-refractivity contribution in [2.75, 3.05) is 12.0 Å². The van der Waals surface area contributed by atoms with Crippen LogP contribution in [0.5, 0.6) is 0 Å². The van der Waals surface area contributed by atoms with Gasteiger partial charge in [0.25, 0.3) is 0 Å². The van der Waals surface area contributed by atoms with Crippen molar-refractivity contribution in [2.24, 2.45) is 0 Å². The highest BCUT2D eigenvalue weighted by Gasteiger charge is 2.09. The highest BCUT2D eigenvalue weighted by molar-refractivity contribution is 9.10. The molecule has 0 atom stereocenters. The SMILES string of the molecule is CSc1nc(N)nc(-c2cc(C)ccc2Br)n1. The summed E-state index contributed by atoms with van der Waals surface area (Å²) in [5.41, 5.74) is 7.74. The van der Waals surface area contributed by atoms with E-state index in [0.717, 1.165) is 15.6 Å². The van der Waals surface area contributed by atoms with E-state index in [9.17, 15) is 0 Å². The van der Waals surface area contributed by atoms with Gasteiger partial charge in [-0.15, -0.1) is 0 Å². The number of benzene rings is 1. The van der Waals surface area contributed by atoms with Crippen LogP contribution in [0.1, 0.15) is 5.56 Å². The summed E-state index contributed by atoms with van der Waals surface area (Å²) in [6.45, 7) is 2.02. The van der Waals surface area contributed by atoms with Crippen LogP contribution in [0.4, 0.5) is 5.95 Å². The predicted molar refractivity (Wildman–Crippen MR) is 73.9 cm³/mol. The molecule has 1 aromatic carbocycles. The Balaban J connectivity index is 2.59. The molecule has 1 aromatic heterocycles. The van der Waals surface area contributed by atoms with Crippen molar-refractivity contribution in [2.45, 2.75) is 12.1 Å². The molecule has 2 rings (SSSR count). The van der Waals surface area contributed by atoms with Crippen molar-refractivity contribution in [3.63, 3.8) is 0 Å². The summed E-state index contributed by atoms with van der Waals surface area (Å²) in [5, 5.41) is 0.626. The van der Waals surface area contributed by atoms with Crippen LogP contribution in [0.3, 0.4) is 0 Å². The number of thioether (sulfide) groups is 1.